The molecule has 1 aliphatic heterocycles. The lowest BCUT2D eigenvalue weighted by Crippen LogP contribution is -2.57. The lowest BCUT2D eigenvalue weighted by atomic mass is 9.98. The third kappa shape index (κ3) is 2.58. The van der Waals surface area contributed by atoms with E-state index in [1.807, 2.05) is 38.1 Å². The van der Waals surface area contributed by atoms with Gasteiger partial charge >= 0.3 is 6.03 Å². The van der Waals surface area contributed by atoms with Crippen LogP contribution >= 0.6 is 0 Å². The van der Waals surface area contributed by atoms with Crippen LogP contribution < -0.4 is 16.0 Å². The Hall–Kier alpha value is -1.55. The molecule has 1 heterocycles. The summed E-state index contributed by atoms with van der Waals surface area (Å²) in [5, 5.41) is 3.00. The first-order valence-corrected chi connectivity index (χ1v) is 5.90. The summed E-state index contributed by atoms with van der Waals surface area (Å²) in [6, 6.07) is 7.78. The number of nitrogens with one attached hydrogen (secondary N) is 1. The number of benzene rings is 1. The van der Waals surface area contributed by atoms with Crippen LogP contribution in [0.1, 0.15) is 25.8 Å². The molecule has 4 heteroatoms. The lowest BCUT2D eigenvalue weighted by molar-refractivity contribution is 0.224. The van der Waals surface area contributed by atoms with Crippen LogP contribution in [0.3, 0.4) is 0 Å². The summed E-state index contributed by atoms with van der Waals surface area (Å²) in [7, 11) is 0. The Kier molecular flexibility index (Phi) is 3.07. The van der Waals surface area contributed by atoms with Gasteiger partial charge in [-0.15, -0.1) is 0 Å². The maximum absolute atomic E-state index is 12.0. The summed E-state index contributed by atoms with van der Waals surface area (Å²) < 4.78 is 0. The fourth-order valence-corrected chi connectivity index (χ4v) is 1.97. The van der Waals surface area contributed by atoms with Gasteiger partial charge in [0, 0.05) is 24.3 Å². The van der Waals surface area contributed by atoms with E-state index < -0.39 is 0 Å². The zero-order valence-electron chi connectivity index (χ0n) is 10.4. The van der Waals surface area contributed by atoms with Crippen LogP contribution in [-0.2, 0) is 6.54 Å². The van der Waals surface area contributed by atoms with Crippen molar-refractivity contribution in [1.82, 2.24) is 5.32 Å². The summed E-state index contributed by atoms with van der Waals surface area (Å²) in [4.78, 5) is 13.7. The lowest BCUT2D eigenvalue weighted by Gasteiger charge is -2.37. The van der Waals surface area contributed by atoms with Crippen molar-refractivity contribution in [3.05, 3.63) is 29.8 Å². The van der Waals surface area contributed by atoms with Gasteiger partial charge in [0.15, 0.2) is 0 Å². The van der Waals surface area contributed by atoms with Gasteiger partial charge in [0.05, 0.1) is 0 Å². The predicted octanol–water partition coefficient (Wildman–Crippen LogP) is 1.84. The van der Waals surface area contributed by atoms with Crippen molar-refractivity contribution in [2.24, 2.45) is 5.73 Å². The van der Waals surface area contributed by atoms with Gasteiger partial charge in [0.1, 0.15) is 0 Å². The third-order valence-corrected chi connectivity index (χ3v) is 3.13. The molecule has 0 spiro atoms. The Bertz CT molecular complexity index is 411. The van der Waals surface area contributed by atoms with Crippen LogP contribution in [0.2, 0.25) is 0 Å². The van der Waals surface area contributed by atoms with Crippen molar-refractivity contribution in [3.63, 3.8) is 0 Å². The van der Waals surface area contributed by atoms with Crippen molar-refractivity contribution < 1.29 is 4.79 Å². The smallest absolute Gasteiger partial charge is 0.322 e. The molecule has 92 valence electrons. The molecule has 1 fully saturated rings. The average molecular weight is 233 g/mol. The first-order valence-electron chi connectivity index (χ1n) is 5.90. The van der Waals surface area contributed by atoms with Gasteiger partial charge in [-0.2, -0.15) is 0 Å². The molecule has 1 saturated heterocycles. The summed E-state index contributed by atoms with van der Waals surface area (Å²) in [5.74, 6) is 0. The molecule has 0 radical (unpaired) electrons. The van der Waals surface area contributed by atoms with Crippen LogP contribution in [0.5, 0.6) is 0 Å². The number of nitrogens with zero attached hydrogens (tertiary/aromatic N) is 1. The molecule has 0 saturated carbocycles. The number of anilines is 1. The monoisotopic (exact) mass is 233 g/mol. The number of nitrogens with two attached hydrogens (primary N) is 1. The number of amides is 2. The zero-order chi connectivity index (χ0) is 12.5. The maximum atomic E-state index is 12.0. The maximum Gasteiger partial charge on any atom is 0.322 e. The molecule has 0 atom stereocenters. The predicted molar refractivity (Wildman–Crippen MR) is 68.9 cm³/mol. The van der Waals surface area contributed by atoms with E-state index in [2.05, 4.69) is 5.32 Å². The Balaban J connectivity index is 2.15. The second-order valence-electron chi connectivity index (χ2n) is 5.09. The van der Waals surface area contributed by atoms with Crippen molar-refractivity contribution >= 4 is 11.7 Å². The molecule has 0 unspecified atom stereocenters. The van der Waals surface area contributed by atoms with E-state index in [1.165, 1.54) is 0 Å². The molecule has 0 aromatic heterocycles. The second-order valence-corrected chi connectivity index (χ2v) is 5.09. The van der Waals surface area contributed by atoms with Crippen LogP contribution in [0.25, 0.3) is 0 Å². The minimum absolute atomic E-state index is 0.0262. The summed E-state index contributed by atoms with van der Waals surface area (Å²) >= 11 is 0. The van der Waals surface area contributed by atoms with Gasteiger partial charge in [0.2, 0.25) is 0 Å². The van der Waals surface area contributed by atoms with E-state index in [9.17, 15) is 4.79 Å². The van der Waals surface area contributed by atoms with Crippen molar-refractivity contribution in [2.45, 2.75) is 32.4 Å². The first kappa shape index (κ1) is 11.9. The normalized spacial score (nSPS) is 19.0. The number of rotatable bonds is 2. The summed E-state index contributed by atoms with van der Waals surface area (Å²) in [6.45, 7) is 5.36. The SMILES string of the molecule is CC1(C)CCN(c2ccc(CN)cc2)C(=O)N1. The van der Waals surface area contributed by atoms with Crippen molar-refractivity contribution in [1.29, 1.82) is 0 Å². The van der Waals surface area contributed by atoms with Crippen molar-refractivity contribution in [2.75, 3.05) is 11.4 Å². The molecular weight excluding hydrogens is 214 g/mol. The number of hydrogen-bond donors (Lipinski definition) is 2. The molecule has 4 nitrogen and oxygen atoms in total. The Morgan fingerprint density at radius 1 is 1.35 bits per heavy atom. The van der Waals surface area contributed by atoms with Gasteiger partial charge in [0.25, 0.3) is 0 Å². The first-order chi connectivity index (χ1) is 8.02. The zero-order valence-corrected chi connectivity index (χ0v) is 10.4. The highest BCUT2D eigenvalue weighted by atomic mass is 16.2. The third-order valence-electron chi connectivity index (χ3n) is 3.13. The number of carbonyl (C=O) groups excluding carboxylic acids is 1. The molecule has 17 heavy (non-hydrogen) atoms. The summed E-state index contributed by atoms with van der Waals surface area (Å²) in [5.41, 5.74) is 7.44. The highest BCUT2D eigenvalue weighted by molar-refractivity contribution is 5.93. The molecule has 2 rings (SSSR count). The van der Waals surface area contributed by atoms with Gasteiger partial charge < -0.3 is 11.1 Å². The van der Waals surface area contributed by atoms with E-state index in [-0.39, 0.29) is 11.6 Å². The molecular formula is C13H19N3O. The van der Waals surface area contributed by atoms with Gasteiger partial charge in [-0.3, -0.25) is 4.90 Å². The topological polar surface area (TPSA) is 58.4 Å². The van der Waals surface area contributed by atoms with E-state index in [0.717, 1.165) is 24.2 Å². The number of hydrogen-bond acceptors (Lipinski definition) is 2. The van der Waals surface area contributed by atoms with Gasteiger partial charge in [-0.05, 0) is 38.0 Å². The molecule has 0 bridgehead atoms. The quantitative estimate of drug-likeness (QED) is 0.819. The average Bonchev–Trinajstić information content (AvgIpc) is 2.28. The molecule has 3 N–H and O–H groups in total. The standard InChI is InChI=1S/C13H19N3O/c1-13(2)7-8-16(12(17)15-13)11-5-3-10(9-14)4-6-11/h3-6H,7-9,14H2,1-2H3,(H,15,17). The highest BCUT2D eigenvalue weighted by Gasteiger charge is 2.30. The molecule has 1 aliphatic rings. The molecule has 1 aromatic carbocycles. The second kappa shape index (κ2) is 4.37. The fourth-order valence-electron chi connectivity index (χ4n) is 1.97. The highest BCUT2D eigenvalue weighted by Crippen LogP contribution is 2.22. The van der Waals surface area contributed by atoms with Crippen LogP contribution in [0.15, 0.2) is 24.3 Å². The van der Waals surface area contributed by atoms with Gasteiger partial charge in [-0.1, -0.05) is 12.1 Å². The molecule has 0 aliphatic carbocycles. The van der Waals surface area contributed by atoms with E-state index >= 15 is 0 Å². The van der Waals surface area contributed by atoms with E-state index in [4.69, 9.17) is 5.73 Å². The van der Waals surface area contributed by atoms with Crippen LogP contribution in [-0.4, -0.2) is 18.1 Å². The van der Waals surface area contributed by atoms with E-state index in [0.29, 0.717) is 6.54 Å². The Morgan fingerprint density at radius 3 is 2.53 bits per heavy atom. The molecule has 1 aromatic rings. The van der Waals surface area contributed by atoms with Crippen LogP contribution in [0.4, 0.5) is 10.5 Å². The Labute approximate surface area is 102 Å². The Morgan fingerprint density at radius 2 is 2.00 bits per heavy atom. The van der Waals surface area contributed by atoms with Crippen LogP contribution in [0, 0.1) is 0 Å². The van der Waals surface area contributed by atoms with E-state index in [1.54, 1.807) is 4.90 Å². The molecule has 2 amide bonds. The largest absolute Gasteiger partial charge is 0.333 e. The van der Waals surface area contributed by atoms with Gasteiger partial charge in [-0.25, -0.2) is 4.79 Å². The summed E-state index contributed by atoms with van der Waals surface area (Å²) in [6.07, 6.45) is 0.942. The minimum atomic E-state index is -0.106. The minimum Gasteiger partial charge on any atom is -0.333 e. The number of carbonyl (C=O) groups is 1. The number of urea groups is 1. The van der Waals surface area contributed by atoms with Crippen molar-refractivity contribution in [3.8, 4) is 0 Å². The fraction of sp³-hybridized carbons (Fsp3) is 0.462.